The number of carbonyl (C=O) groups is 1. The highest BCUT2D eigenvalue weighted by Crippen LogP contribution is 2.48. The van der Waals surface area contributed by atoms with Crippen molar-refractivity contribution in [2.24, 2.45) is 0 Å². The second-order valence-corrected chi connectivity index (χ2v) is 4.65. The molecule has 1 saturated carbocycles. The van der Waals surface area contributed by atoms with Crippen LogP contribution in [0.1, 0.15) is 18.7 Å². The number of methoxy groups -OCH3 is 1. The first kappa shape index (κ1) is 12.7. The molecule has 0 unspecified atom stereocenters. The molecule has 7 heteroatoms. The van der Waals surface area contributed by atoms with Crippen LogP contribution in [0.4, 0.5) is 8.78 Å². The van der Waals surface area contributed by atoms with Crippen LogP contribution in [-0.2, 0) is 14.9 Å². The van der Waals surface area contributed by atoms with E-state index in [1.165, 1.54) is 7.11 Å². The molecule has 0 amide bonds. The Labute approximate surface area is 112 Å². The zero-order valence-corrected chi connectivity index (χ0v) is 10.5. The minimum atomic E-state index is -0.897. The number of ether oxygens (including phenoxy) is 1. The summed E-state index contributed by atoms with van der Waals surface area (Å²) >= 11 is 0. The van der Waals surface area contributed by atoms with Crippen LogP contribution in [0.3, 0.4) is 0 Å². The highest BCUT2D eigenvalue weighted by atomic mass is 19.1. The molecule has 2 aromatic rings. The van der Waals surface area contributed by atoms with Crippen molar-refractivity contribution in [1.82, 2.24) is 10.1 Å². The van der Waals surface area contributed by atoms with Crippen molar-refractivity contribution >= 4 is 5.97 Å². The molecule has 0 N–H and O–H groups in total. The van der Waals surface area contributed by atoms with Gasteiger partial charge in [0, 0.05) is 11.6 Å². The average Bonchev–Trinajstić information content (AvgIpc) is 3.07. The minimum Gasteiger partial charge on any atom is -0.468 e. The lowest BCUT2D eigenvalue weighted by molar-refractivity contribution is -0.144. The van der Waals surface area contributed by atoms with Crippen molar-refractivity contribution in [3.05, 3.63) is 35.7 Å². The van der Waals surface area contributed by atoms with Gasteiger partial charge in [0.15, 0.2) is 0 Å². The summed E-state index contributed by atoms with van der Waals surface area (Å²) in [6.07, 6.45) is 1.11. The summed E-state index contributed by atoms with van der Waals surface area (Å²) in [5.74, 6) is -1.77. The molecule has 1 heterocycles. The first-order valence-corrected chi connectivity index (χ1v) is 5.94. The number of halogens is 2. The zero-order valence-electron chi connectivity index (χ0n) is 10.5. The van der Waals surface area contributed by atoms with Crippen molar-refractivity contribution < 1.29 is 22.8 Å². The molecular formula is C13H10F2N2O3. The van der Waals surface area contributed by atoms with Crippen molar-refractivity contribution in [3.8, 4) is 11.4 Å². The Kier molecular flexibility index (Phi) is 2.77. The number of esters is 1. The molecule has 5 nitrogen and oxygen atoms in total. The first-order valence-electron chi connectivity index (χ1n) is 5.94. The van der Waals surface area contributed by atoms with Crippen LogP contribution in [-0.4, -0.2) is 23.2 Å². The highest BCUT2D eigenvalue weighted by molar-refractivity contribution is 5.85. The molecule has 1 aliphatic carbocycles. The lowest BCUT2D eigenvalue weighted by Crippen LogP contribution is -2.22. The molecule has 104 valence electrons. The van der Waals surface area contributed by atoms with Gasteiger partial charge in [0.2, 0.25) is 11.7 Å². The largest absolute Gasteiger partial charge is 0.468 e. The van der Waals surface area contributed by atoms with Crippen LogP contribution in [0, 0.1) is 11.6 Å². The third-order valence-corrected chi connectivity index (χ3v) is 3.28. The van der Waals surface area contributed by atoms with E-state index < -0.39 is 23.0 Å². The van der Waals surface area contributed by atoms with Gasteiger partial charge in [-0.2, -0.15) is 4.98 Å². The molecule has 1 aromatic carbocycles. The van der Waals surface area contributed by atoms with Gasteiger partial charge in [0.05, 0.1) is 7.11 Å². The van der Waals surface area contributed by atoms with Crippen LogP contribution in [0.5, 0.6) is 0 Å². The molecule has 1 aromatic heterocycles. The fraction of sp³-hybridized carbons (Fsp3) is 0.308. The van der Waals surface area contributed by atoms with Crippen molar-refractivity contribution in [2.75, 3.05) is 7.11 Å². The number of hydrogen-bond donors (Lipinski definition) is 0. The van der Waals surface area contributed by atoms with E-state index in [4.69, 9.17) is 9.26 Å². The van der Waals surface area contributed by atoms with Crippen molar-refractivity contribution in [2.45, 2.75) is 18.3 Å². The fourth-order valence-corrected chi connectivity index (χ4v) is 2.04. The van der Waals surface area contributed by atoms with Gasteiger partial charge in [-0.3, -0.25) is 4.79 Å². The molecule has 0 saturated heterocycles. The van der Waals surface area contributed by atoms with E-state index in [0.29, 0.717) is 12.8 Å². The first-order chi connectivity index (χ1) is 9.55. The van der Waals surface area contributed by atoms with Gasteiger partial charge in [-0.15, -0.1) is 0 Å². The minimum absolute atomic E-state index is 0.0357. The van der Waals surface area contributed by atoms with Gasteiger partial charge in [0.25, 0.3) is 0 Å². The van der Waals surface area contributed by atoms with E-state index in [9.17, 15) is 13.6 Å². The fourth-order valence-electron chi connectivity index (χ4n) is 2.04. The lowest BCUT2D eigenvalue weighted by Gasteiger charge is -2.05. The molecule has 20 heavy (non-hydrogen) atoms. The van der Waals surface area contributed by atoms with Crippen LogP contribution >= 0.6 is 0 Å². The van der Waals surface area contributed by atoms with Gasteiger partial charge in [0.1, 0.15) is 17.0 Å². The summed E-state index contributed by atoms with van der Waals surface area (Å²) in [5, 5.41) is 3.66. The van der Waals surface area contributed by atoms with E-state index >= 15 is 0 Å². The Morgan fingerprint density at radius 3 is 2.50 bits per heavy atom. The lowest BCUT2D eigenvalue weighted by atomic mass is 10.1. The van der Waals surface area contributed by atoms with Gasteiger partial charge in [-0.05, 0) is 25.0 Å². The number of aromatic nitrogens is 2. The van der Waals surface area contributed by atoms with Crippen LogP contribution < -0.4 is 0 Å². The van der Waals surface area contributed by atoms with Crippen molar-refractivity contribution in [1.29, 1.82) is 0 Å². The van der Waals surface area contributed by atoms with Gasteiger partial charge in [-0.1, -0.05) is 5.16 Å². The maximum absolute atomic E-state index is 13.1. The summed E-state index contributed by atoms with van der Waals surface area (Å²) in [4.78, 5) is 15.7. The molecule has 3 rings (SSSR count). The van der Waals surface area contributed by atoms with E-state index in [1.807, 2.05) is 0 Å². The Bertz CT molecular complexity index is 660. The molecule has 0 atom stereocenters. The standard InChI is InChI=1S/C13H10F2N2O3/c1-19-12(18)13(2-3-13)11-16-10(17-20-11)7-4-8(14)6-9(15)5-7/h4-6H,2-3H2,1H3. The summed E-state index contributed by atoms with van der Waals surface area (Å²) in [7, 11) is 1.28. The molecule has 1 fully saturated rings. The molecule has 1 aliphatic rings. The predicted octanol–water partition coefficient (Wildman–Crippen LogP) is 2.22. The third kappa shape index (κ3) is 1.95. The van der Waals surface area contributed by atoms with Crippen molar-refractivity contribution in [3.63, 3.8) is 0 Å². The summed E-state index contributed by atoms with van der Waals surface area (Å²) < 4.78 is 36.0. The monoisotopic (exact) mass is 280 g/mol. The maximum Gasteiger partial charge on any atom is 0.321 e. The van der Waals surface area contributed by atoms with Gasteiger partial charge < -0.3 is 9.26 Å². The van der Waals surface area contributed by atoms with Crippen LogP contribution in [0.25, 0.3) is 11.4 Å². The Morgan fingerprint density at radius 1 is 1.30 bits per heavy atom. The Morgan fingerprint density at radius 2 is 1.95 bits per heavy atom. The molecule has 0 bridgehead atoms. The predicted molar refractivity (Wildman–Crippen MR) is 62.6 cm³/mol. The number of hydrogen-bond acceptors (Lipinski definition) is 5. The zero-order chi connectivity index (χ0) is 14.3. The van der Waals surface area contributed by atoms with Crippen LogP contribution in [0.2, 0.25) is 0 Å². The van der Waals surface area contributed by atoms with E-state index in [-0.39, 0.29) is 17.3 Å². The average molecular weight is 280 g/mol. The quantitative estimate of drug-likeness (QED) is 0.806. The molecule has 0 aliphatic heterocycles. The van der Waals surface area contributed by atoms with E-state index in [2.05, 4.69) is 10.1 Å². The SMILES string of the molecule is COC(=O)C1(c2nc(-c3cc(F)cc(F)c3)no2)CC1. The highest BCUT2D eigenvalue weighted by Gasteiger charge is 2.57. The van der Waals surface area contributed by atoms with E-state index in [0.717, 1.165) is 18.2 Å². The van der Waals surface area contributed by atoms with E-state index in [1.54, 1.807) is 0 Å². The molecular weight excluding hydrogens is 270 g/mol. The number of rotatable bonds is 3. The smallest absolute Gasteiger partial charge is 0.321 e. The second-order valence-electron chi connectivity index (χ2n) is 4.65. The number of nitrogens with zero attached hydrogens (tertiary/aromatic N) is 2. The second kappa shape index (κ2) is 4.36. The summed E-state index contributed by atoms with van der Waals surface area (Å²) in [5.41, 5.74) is -0.746. The third-order valence-electron chi connectivity index (χ3n) is 3.28. The summed E-state index contributed by atoms with van der Waals surface area (Å²) in [6.45, 7) is 0. The Balaban J connectivity index is 1.97. The van der Waals surface area contributed by atoms with Crippen LogP contribution in [0.15, 0.2) is 22.7 Å². The summed E-state index contributed by atoms with van der Waals surface area (Å²) in [6, 6.07) is 2.94. The maximum atomic E-state index is 13.1. The number of carbonyl (C=O) groups excluding carboxylic acids is 1. The topological polar surface area (TPSA) is 65.2 Å². The van der Waals surface area contributed by atoms with Gasteiger partial charge in [-0.25, -0.2) is 8.78 Å². The molecule has 0 radical (unpaired) electrons. The number of benzene rings is 1. The molecule has 0 spiro atoms. The Hall–Kier alpha value is -2.31. The van der Waals surface area contributed by atoms with Gasteiger partial charge >= 0.3 is 5.97 Å². The normalized spacial score (nSPS) is 15.9.